The summed E-state index contributed by atoms with van der Waals surface area (Å²) in [5.41, 5.74) is 0.758. The van der Waals surface area contributed by atoms with Gasteiger partial charge in [-0.15, -0.1) is 22.7 Å². The van der Waals surface area contributed by atoms with Crippen molar-refractivity contribution in [3.63, 3.8) is 0 Å². The Bertz CT molecular complexity index is 717. The first-order valence-corrected chi connectivity index (χ1v) is 9.93. The van der Waals surface area contributed by atoms with Crippen molar-refractivity contribution in [1.29, 1.82) is 0 Å². The lowest BCUT2D eigenvalue weighted by Gasteiger charge is -2.02. The van der Waals surface area contributed by atoms with Crippen molar-refractivity contribution in [3.05, 3.63) is 33.1 Å². The lowest BCUT2D eigenvalue weighted by atomic mass is 10.4. The van der Waals surface area contributed by atoms with Crippen LogP contribution < -0.4 is 10.0 Å². The number of aryl methyl sites for hydroxylation is 1. The van der Waals surface area contributed by atoms with E-state index in [1.807, 2.05) is 18.4 Å². The van der Waals surface area contributed by atoms with Gasteiger partial charge in [0.2, 0.25) is 10.0 Å². The van der Waals surface area contributed by atoms with Crippen molar-refractivity contribution in [2.75, 3.05) is 0 Å². The second kappa shape index (κ2) is 6.13. The van der Waals surface area contributed by atoms with Gasteiger partial charge in [0.1, 0.15) is 4.21 Å². The molecular formula is C13H17N3O2S3. The third-order valence-corrected chi connectivity index (χ3v) is 6.95. The van der Waals surface area contributed by atoms with Gasteiger partial charge in [-0.3, -0.25) is 0 Å². The summed E-state index contributed by atoms with van der Waals surface area (Å²) in [5, 5.41) is 6.20. The Balaban J connectivity index is 1.60. The number of rotatable bonds is 7. The molecule has 1 fully saturated rings. The maximum atomic E-state index is 12.2. The van der Waals surface area contributed by atoms with Gasteiger partial charge in [-0.2, -0.15) is 0 Å². The summed E-state index contributed by atoms with van der Waals surface area (Å²) in [6.45, 7) is 2.89. The average Bonchev–Trinajstić information content (AvgIpc) is 2.97. The van der Waals surface area contributed by atoms with Gasteiger partial charge in [0.15, 0.2) is 0 Å². The molecule has 0 saturated heterocycles. The molecule has 1 aliphatic rings. The summed E-state index contributed by atoms with van der Waals surface area (Å²) in [6.07, 6.45) is 2.45. The van der Waals surface area contributed by atoms with E-state index >= 15 is 0 Å². The first-order chi connectivity index (χ1) is 10.0. The van der Waals surface area contributed by atoms with Crippen molar-refractivity contribution < 1.29 is 8.42 Å². The molecule has 1 saturated carbocycles. The molecule has 5 nitrogen and oxygen atoms in total. The highest BCUT2D eigenvalue weighted by Crippen LogP contribution is 2.24. The monoisotopic (exact) mass is 343 g/mol. The van der Waals surface area contributed by atoms with Crippen LogP contribution >= 0.6 is 22.7 Å². The molecule has 0 amide bonds. The lowest BCUT2D eigenvalue weighted by molar-refractivity contribution is 0.582. The van der Waals surface area contributed by atoms with E-state index < -0.39 is 10.0 Å². The molecule has 0 spiro atoms. The average molecular weight is 343 g/mol. The van der Waals surface area contributed by atoms with Crippen LogP contribution in [0, 0.1) is 6.92 Å². The molecule has 0 aliphatic heterocycles. The summed E-state index contributed by atoms with van der Waals surface area (Å²) < 4.78 is 27.4. The molecule has 8 heteroatoms. The Labute approximate surface area is 132 Å². The molecule has 0 aromatic carbocycles. The van der Waals surface area contributed by atoms with Crippen LogP contribution in [-0.4, -0.2) is 19.4 Å². The summed E-state index contributed by atoms with van der Waals surface area (Å²) >= 11 is 2.84. The van der Waals surface area contributed by atoms with Crippen LogP contribution in [0.2, 0.25) is 0 Å². The molecule has 2 aromatic rings. The third-order valence-electron chi connectivity index (χ3n) is 3.15. The second-order valence-electron chi connectivity index (χ2n) is 5.06. The second-order valence-corrected chi connectivity index (χ2v) is 9.28. The SMILES string of the molecule is Cc1nc(CNS(=O)(=O)c2ccc(CNC3CC3)s2)cs1. The van der Waals surface area contributed by atoms with Gasteiger partial charge in [-0.25, -0.2) is 18.1 Å². The van der Waals surface area contributed by atoms with Crippen LogP contribution in [0.25, 0.3) is 0 Å². The van der Waals surface area contributed by atoms with Crippen LogP contribution in [0.5, 0.6) is 0 Å². The lowest BCUT2D eigenvalue weighted by Crippen LogP contribution is -2.22. The topological polar surface area (TPSA) is 71.1 Å². The zero-order valence-electron chi connectivity index (χ0n) is 11.6. The van der Waals surface area contributed by atoms with Crippen molar-refractivity contribution in [2.45, 2.75) is 43.1 Å². The molecule has 2 heterocycles. The van der Waals surface area contributed by atoms with Gasteiger partial charge in [-0.1, -0.05) is 0 Å². The number of hydrogen-bond donors (Lipinski definition) is 2. The predicted octanol–water partition coefficient (Wildman–Crippen LogP) is 2.24. The Morgan fingerprint density at radius 2 is 2.14 bits per heavy atom. The van der Waals surface area contributed by atoms with E-state index in [-0.39, 0.29) is 6.54 Å². The molecule has 0 bridgehead atoms. The normalized spacial score (nSPS) is 15.5. The van der Waals surface area contributed by atoms with Crippen molar-refractivity contribution in [2.24, 2.45) is 0 Å². The maximum Gasteiger partial charge on any atom is 0.250 e. The number of aromatic nitrogens is 1. The molecule has 114 valence electrons. The minimum Gasteiger partial charge on any atom is -0.309 e. The van der Waals surface area contributed by atoms with Gasteiger partial charge in [0.05, 0.1) is 17.2 Å². The molecule has 3 rings (SSSR count). The van der Waals surface area contributed by atoms with Crippen LogP contribution in [0.15, 0.2) is 21.7 Å². The zero-order valence-corrected chi connectivity index (χ0v) is 14.1. The fourth-order valence-corrected chi connectivity index (χ4v) is 4.82. The zero-order chi connectivity index (χ0) is 14.9. The van der Waals surface area contributed by atoms with Gasteiger partial charge in [-0.05, 0) is 31.9 Å². The number of hydrogen-bond acceptors (Lipinski definition) is 6. The minimum atomic E-state index is -3.45. The van der Waals surface area contributed by atoms with Gasteiger partial charge in [0, 0.05) is 22.8 Å². The van der Waals surface area contributed by atoms with Crippen molar-refractivity contribution in [3.8, 4) is 0 Å². The Morgan fingerprint density at radius 3 is 2.81 bits per heavy atom. The molecule has 0 unspecified atom stereocenters. The number of nitrogens with zero attached hydrogens (tertiary/aromatic N) is 1. The van der Waals surface area contributed by atoms with E-state index in [9.17, 15) is 8.42 Å². The number of nitrogens with one attached hydrogen (secondary N) is 2. The highest BCUT2D eigenvalue weighted by Gasteiger charge is 2.21. The Hall–Kier alpha value is -0.800. The molecule has 2 N–H and O–H groups in total. The summed E-state index contributed by atoms with van der Waals surface area (Å²) in [4.78, 5) is 5.30. The minimum absolute atomic E-state index is 0.236. The van der Waals surface area contributed by atoms with Crippen molar-refractivity contribution >= 4 is 32.7 Å². The number of thiophene rings is 1. The largest absolute Gasteiger partial charge is 0.309 e. The quantitative estimate of drug-likeness (QED) is 0.809. The third kappa shape index (κ3) is 4.10. The van der Waals surface area contributed by atoms with Crippen LogP contribution in [0.3, 0.4) is 0 Å². The standard InChI is InChI=1S/C13H17N3O2S3/c1-9-16-11(8-19-9)6-15-21(17,18)13-5-4-12(20-13)7-14-10-2-3-10/h4-5,8,10,14-15H,2-3,6-7H2,1H3. The molecule has 21 heavy (non-hydrogen) atoms. The molecular weight excluding hydrogens is 326 g/mol. The Kier molecular flexibility index (Phi) is 4.41. The highest BCUT2D eigenvalue weighted by atomic mass is 32.2. The first kappa shape index (κ1) is 15.1. The molecule has 0 atom stereocenters. The number of sulfonamides is 1. The maximum absolute atomic E-state index is 12.2. The molecule has 1 aliphatic carbocycles. The van der Waals surface area contributed by atoms with E-state index in [1.54, 1.807) is 6.07 Å². The summed E-state index contributed by atoms with van der Waals surface area (Å²) in [7, 11) is -3.45. The molecule has 0 radical (unpaired) electrons. The Morgan fingerprint density at radius 1 is 1.33 bits per heavy atom. The van der Waals surface area contributed by atoms with E-state index in [0.717, 1.165) is 22.1 Å². The van der Waals surface area contributed by atoms with Crippen LogP contribution in [0.1, 0.15) is 28.4 Å². The van der Waals surface area contributed by atoms with E-state index in [0.29, 0.717) is 10.3 Å². The van der Waals surface area contributed by atoms with E-state index in [4.69, 9.17) is 0 Å². The van der Waals surface area contributed by atoms with Crippen LogP contribution in [0.4, 0.5) is 0 Å². The van der Waals surface area contributed by atoms with E-state index in [1.165, 1.54) is 35.5 Å². The van der Waals surface area contributed by atoms with Gasteiger partial charge < -0.3 is 5.32 Å². The summed E-state index contributed by atoms with van der Waals surface area (Å²) in [6, 6.07) is 4.17. The smallest absolute Gasteiger partial charge is 0.250 e. The molecule has 2 aromatic heterocycles. The number of thiazole rings is 1. The summed E-state index contributed by atoms with van der Waals surface area (Å²) in [5.74, 6) is 0. The van der Waals surface area contributed by atoms with Crippen LogP contribution in [-0.2, 0) is 23.1 Å². The predicted molar refractivity (Wildman–Crippen MR) is 85.1 cm³/mol. The highest BCUT2D eigenvalue weighted by molar-refractivity contribution is 7.91. The van der Waals surface area contributed by atoms with Crippen molar-refractivity contribution in [1.82, 2.24) is 15.0 Å². The van der Waals surface area contributed by atoms with Gasteiger partial charge in [0.25, 0.3) is 0 Å². The fourth-order valence-electron chi connectivity index (χ4n) is 1.86. The fraction of sp³-hybridized carbons (Fsp3) is 0.462. The van der Waals surface area contributed by atoms with Gasteiger partial charge >= 0.3 is 0 Å². The van der Waals surface area contributed by atoms with E-state index in [2.05, 4.69) is 15.0 Å². The first-order valence-electron chi connectivity index (χ1n) is 6.76.